The summed E-state index contributed by atoms with van der Waals surface area (Å²) in [6.45, 7) is 6.01. The number of piperidine rings is 1. The van der Waals surface area contributed by atoms with Crippen LogP contribution in [0.2, 0.25) is 5.15 Å². The fraction of sp³-hybridized carbons (Fsp3) is 0.519. The van der Waals surface area contributed by atoms with Crippen LogP contribution in [0.5, 0.6) is 0 Å². The van der Waals surface area contributed by atoms with Crippen molar-refractivity contribution in [2.75, 3.05) is 77.0 Å². The fourth-order valence-electron chi connectivity index (χ4n) is 9.58. The molecule has 18 heteroatoms. The molecule has 1 aliphatic carbocycles. The van der Waals surface area contributed by atoms with Gasteiger partial charge >= 0.3 is 6.09 Å². The third-order valence-corrected chi connectivity index (χ3v) is 14.0. The number of unbranched alkanes of at least 4 members (excludes halogenated alkanes) is 3. The molecule has 2 aliphatic rings. The van der Waals surface area contributed by atoms with Gasteiger partial charge in [-0.25, -0.2) is 14.8 Å². The number of anilines is 2. The molecule has 10 N–H and O–H groups in total. The molecule has 0 radical (unpaired) electrons. The lowest BCUT2D eigenvalue weighted by atomic mass is 9.93. The second kappa shape index (κ2) is 26.2. The summed E-state index contributed by atoms with van der Waals surface area (Å²) in [5.74, 6) is -1.32. The highest BCUT2D eigenvalue weighted by Gasteiger charge is 2.34. The average molecular weight is 988 g/mol. The highest BCUT2D eigenvalue weighted by Crippen LogP contribution is 2.44. The maximum Gasteiger partial charge on any atom is 0.409 e. The smallest absolute Gasteiger partial charge is 0.409 e. The first-order valence-electron chi connectivity index (χ1n) is 24.5. The van der Waals surface area contributed by atoms with Gasteiger partial charge in [-0.3, -0.25) is 9.59 Å². The van der Waals surface area contributed by atoms with E-state index in [0.717, 1.165) is 59.1 Å². The van der Waals surface area contributed by atoms with Crippen molar-refractivity contribution in [1.29, 1.82) is 0 Å². The van der Waals surface area contributed by atoms with Crippen LogP contribution in [0.25, 0.3) is 11.1 Å². The Hall–Kier alpha value is -5.40. The predicted molar refractivity (Wildman–Crippen MR) is 269 cm³/mol. The normalized spacial score (nSPS) is 16.0. The first-order chi connectivity index (χ1) is 33.7. The van der Waals surface area contributed by atoms with E-state index in [0.29, 0.717) is 52.0 Å². The second-order valence-electron chi connectivity index (χ2n) is 18.8. The van der Waals surface area contributed by atoms with E-state index in [-0.39, 0.29) is 78.8 Å². The van der Waals surface area contributed by atoms with Gasteiger partial charge in [0.25, 0.3) is 5.91 Å². The Bertz CT molecular complexity index is 2310. The lowest BCUT2D eigenvalue weighted by Crippen LogP contribution is -2.50. The fourth-order valence-corrected chi connectivity index (χ4v) is 9.71. The van der Waals surface area contributed by atoms with Crippen molar-refractivity contribution < 1.29 is 44.7 Å². The van der Waals surface area contributed by atoms with Gasteiger partial charge in [0.05, 0.1) is 12.7 Å². The summed E-state index contributed by atoms with van der Waals surface area (Å²) in [6, 6.07) is 24.3. The van der Waals surface area contributed by atoms with E-state index in [4.69, 9.17) is 27.8 Å². The molecule has 5 atom stereocenters. The van der Waals surface area contributed by atoms with Crippen LogP contribution < -0.4 is 16.8 Å². The molecule has 2 heterocycles. The van der Waals surface area contributed by atoms with Crippen LogP contribution >= 0.6 is 11.6 Å². The molecule has 4 aromatic rings. The molecule has 1 saturated heterocycles. The predicted octanol–water partition coefficient (Wildman–Crippen LogP) is 4.39. The number of likely N-dealkylation sites (tertiary alicyclic amines) is 1. The van der Waals surface area contributed by atoms with E-state index < -0.39 is 43.0 Å². The van der Waals surface area contributed by atoms with Gasteiger partial charge in [0.2, 0.25) is 5.91 Å². The van der Waals surface area contributed by atoms with Crippen molar-refractivity contribution in [3.05, 3.63) is 106 Å². The first-order valence-corrected chi connectivity index (χ1v) is 24.9. The number of ether oxygens (including phenoxy) is 1. The largest absolute Gasteiger partial charge is 0.448 e. The van der Waals surface area contributed by atoms with E-state index in [2.05, 4.69) is 46.5 Å². The lowest BCUT2D eigenvalue weighted by Gasteiger charge is -2.36. The van der Waals surface area contributed by atoms with Crippen molar-refractivity contribution in [2.45, 2.75) is 95.5 Å². The number of nitrogens with one attached hydrogen (secondary N) is 1. The molecule has 70 heavy (non-hydrogen) atoms. The van der Waals surface area contributed by atoms with Gasteiger partial charge in [0, 0.05) is 58.2 Å². The minimum absolute atomic E-state index is 0.0256. The van der Waals surface area contributed by atoms with Gasteiger partial charge in [-0.05, 0) is 84.4 Å². The molecule has 17 nitrogen and oxygen atoms in total. The summed E-state index contributed by atoms with van der Waals surface area (Å²) in [5, 5.41) is 53.4. The molecule has 1 aliphatic heterocycles. The van der Waals surface area contributed by atoms with Gasteiger partial charge < -0.3 is 61.8 Å². The minimum atomic E-state index is -1.74. The van der Waals surface area contributed by atoms with Gasteiger partial charge in [0.15, 0.2) is 22.5 Å². The van der Waals surface area contributed by atoms with E-state index in [1.807, 2.05) is 65.3 Å². The van der Waals surface area contributed by atoms with E-state index >= 15 is 0 Å². The molecular weight excluding hydrogens is 916 g/mol. The molecular formula is C52H71ClN8O9. The zero-order valence-electron chi connectivity index (χ0n) is 40.3. The number of halogens is 1. The topological polar surface area (TPSA) is 261 Å². The van der Waals surface area contributed by atoms with Crippen molar-refractivity contribution in [3.8, 4) is 11.1 Å². The number of aromatic nitrogens is 2. The summed E-state index contributed by atoms with van der Waals surface area (Å²) in [7, 11) is 0. The number of hydrogen-bond acceptors (Lipinski definition) is 14. The summed E-state index contributed by atoms with van der Waals surface area (Å²) >= 11 is 6.12. The first kappa shape index (κ1) is 53.9. The Kier molecular flexibility index (Phi) is 20.2. The Morgan fingerprint density at radius 2 is 1.49 bits per heavy atom. The number of aliphatic hydroxyl groups is 5. The monoisotopic (exact) mass is 987 g/mol. The molecule has 0 saturated carbocycles. The Balaban J connectivity index is 1.15. The number of fused-ring (bicyclic) bond motifs is 3. The number of hydrogen-bond donors (Lipinski definition) is 8. The summed E-state index contributed by atoms with van der Waals surface area (Å²) < 4.78 is 6.28. The second-order valence-corrected chi connectivity index (χ2v) is 19.1. The van der Waals surface area contributed by atoms with Crippen molar-refractivity contribution >= 4 is 41.1 Å². The SMILES string of the molecule is CCCCCCN(CCC(=O)N1CCC(CN(C[C@H](CNC(=O)c2nc(Cl)c(N)nc2N)Cc2ccccc2C)C(=O)OCC2c3ccccc3-c3ccccc32)CC1)C[C@H](O)[C@@H](O)[C@H](O)[C@H](O)CO. The molecule has 380 valence electrons. The number of amides is 3. The molecule has 6 rings (SSSR count). The number of nitrogen functional groups attached to an aromatic ring is 2. The maximum atomic E-state index is 14.6. The van der Waals surface area contributed by atoms with E-state index in [9.17, 15) is 39.9 Å². The van der Waals surface area contributed by atoms with Crippen LogP contribution in [0.3, 0.4) is 0 Å². The van der Waals surface area contributed by atoms with E-state index in [1.54, 1.807) is 4.90 Å². The number of benzene rings is 3. The van der Waals surface area contributed by atoms with Crippen LogP contribution in [0.1, 0.15) is 90.5 Å². The molecule has 0 unspecified atom stereocenters. The van der Waals surface area contributed by atoms with Gasteiger partial charge in [-0.2, -0.15) is 0 Å². The highest BCUT2D eigenvalue weighted by molar-refractivity contribution is 6.31. The number of carbonyl (C=O) groups excluding carboxylic acids is 3. The average Bonchev–Trinajstić information content (AvgIpc) is 3.69. The summed E-state index contributed by atoms with van der Waals surface area (Å²) in [6.07, 6.45) is -1.15. The zero-order valence-corrected chi connectivity index (χ0v) is 41.1. The van der Waals surface area contributed by atoms with Crippen LogP contribution in [0, 0.1) is 18.8 Å². The summed E-state index contributed by atoms with van der Waals surface area (Å²) in [4.78, 5) is 55.3. The van der Waals surface area contributed by atoms with Crippen LogP contribution in [0.15, 0.2) is 72.8 Å². The molecule has 3 aromatic carbocycles. The van der Waals surface area contributed by atoms with E-state index in [1.165, 1.54) is 0 Å². The zero-order chi connectivity index (χ0) is 50.3. The third kappa shape index (κ3) is 14.4. The highest BCUT2D eigenvalue weighted by atomic mass is 35.5. The lowest BCUT2D eigenvalue weighted by molar-refractivity contribution is -0.133. The number of rotatable bonds is 25. The third-order valence-electron chi connectivity index (χ3n) is 13.7. The quantitative estimate of drug-likeness (QED) is 0.0429. The number of nitrogens with two attached hydrogens (primary N) is 2. The van der Waals surface area contributed by atoms with Gasteiger partial charge in [-0.15, -0.1) is 0 Å². The van der Waals surface area contributed by atoms with Crippen LogP contribution in [0.4, 0.5) is 16.4 Å². The number of aryl methyl sites for hydroxylation is 1. The standard InChI is InChI=1S/C52H71ClN8O9/c1-3-4-5-12-22-59(30-42(63)46(66)47(67)43(64)31-62)23-21-44(65)60-24-19-34(20-25-60)28-61(52(69)70-32-41-39-17-10-8-15-37(39)38-16-9-11-18-40(38)41)29-35(26-36-14-7-6-13-33(36)2)27-56-51(68)45-49(54)58-50(55)48(53)57-45/h6-11,13-18,34-35,41-43,46-47,62-64,66-67H,3-5,12,19-32H2,1-2H3,(H,56,68)(H4,54,55,58)/t35-,42-,43+,46+,47+/m0/s1. The number of aliphatic hydroxyl groups excluding tert-OH is 5. The van der Waals surface area contributed by atoms with Crippen molar-refractivity contribution in [1.82, 2.24) is 30.0 Å². The van der Waals surface area contributed by atoms with Crippen molar-refractivity contribution in [3.63, 3.8) is 0 Å². The maximum absolute atomic E-state index is 14.6. The Morgan fingerprint density at radius 1 is 0.843 bits per heavy atom. The number of nitrogens with zero attached hydrogens (tertiary/aromatic N) is 5. The molecule has 1 aromatic heterocycles. The molecule has 0 spiro atoms. The molecule has 1 fully saturated rings. The van der Waals surface area contributed by atoms with Crippen molar-refractivity contribution in [2.24, 2.45) is 11.8 Å². The Labute approximate surface area is 415 Å². The van der Waals surface area contributed by atoms with Gasteiger partial charge in [0.1, 0.15) is 24.9 Å². The molecule has 0 bridgehead atoms. The minimum Gasteiger partial charge on any atom is -0.448 e. The van der Waals surface area contributed by atoms with Crippen LogP contribution in [-0.4, -0.2) is 158 Å². The molecule has 3 amide bonds. The summed E-state index contributed by atoms with van der Waals surface area (Å²) in [5.41, 5.74) is 18.2. The van der Waals surface area contributed by atoms with Gasteiger partial charge in [-0.1, -0.05) is 111 Å². The van der Waals surface area contributed by atoms with Crippen LogP contribution in [-0.2, 0) is 16.0 Å². The Morgan fingerprint density at radius 3 is 2.14 bits per heavy atom. The number of carbonyl (C=O) groups is 3.